The number of nitrogen functional groups attached to an aromatic ring is 1. The molecule has 2 rings (SSSR count). The zero-order valence-electron chi connectivity index (χ0n) is 11.1. The number of hydrogen-bond donors (Lipinski definition) is 1. The number of nitrogens with two attached hydrogens (primary N) is 1. The minimum atomic E-state index is 0.565. The van der Waals surface area contributed by atoms with E-state index in [9.17, 15) is 0 Å². The maximum Gasteiger partial charge on any atom is 0.201 e. The molecule has 1 aromatic carbocycles. The third-order valence-corrected chi connectivity index (χ3v) is 3.03. The number of ether oxygens (including phenoxy) is 1. The molecule has 0 saturated carbocycles. The molecule has 0 radical (unpaired) electrons. The van der Waals surface area contributed by atoms with Gasteiger partial charge < -0.3 is 15.0 Å². The highest BCUT2D eigenvalue weighted by atomic mass is 16.5. The normalized spacial score (nSPS) is 11.2. The predicted octanol–water partition coefficient (Wildman–Crippen LogP) is 2.74. The number of nitrogens with zero attached hydrogens (tertiary/aromatic N) is 2. The molecule has 98 valence electrons. The molecular weight excluding hydrogens is 226 g/mol. The number of aryl methyl sites for hydroxylation is 1. The average molecular weight is 247 g/mol. The van der Waals surface area contributed by atoms with E-state index in [1.165, 1.54) is 5.56 Å². The molecular formula is C14H21N3O. The van der Waals surface area contributed by atoms with Gasteiger partial charge in [-0.2, -0.15) is 0 Å². The average Bonchev–Trinajstić information content (AvgIpc) is 2.64. The van der Waals surface area contributed by atoms with Crippen LogP contribution in [-0.2, 0) is 11.3 Å². The van der Waals surface area contributed by atoms with Crippen molar-refractivity contribution in [3.05, 3.63) is 23.8 Å². The van der Waals surface area contributed by atoms with E-state index in [2.05, 4.69) is 37.0 Å². The summed E-state index contributed by atoms with van der Waals surface area (Å²) in [5.41, 5.74) is 9.18. The molecule has 2 aromatic rings. The molecule has 2 N–H and O–H groups in total. The van der Waals surface area contributed by atoms with E-state index in [1.807, 2.05) is 4.57 Å². The molecule has 0 aliphatic rings. The van der Waals surface area contributed by atoms with Gasteiger partial charge in [-0.25, -0.2) is 4.98 Å². The van der Waals surface area contributed by atoms with Gasteiger partial charge in [0.1, 0.15) is 0 Å². The summed E-state index contributed by atoms with van der Waals surface area (Å²) in [4.78, 5) is 4.37. The Morgan fingerprint density at radius 3 is 2.94 bits per heavy atom. The van der Waals surface area contributed by atoms with Gasteiger partial charge in [-0.15, -0.1) is 0 Å². The molecule has 4 heteroatoms. The monoisotopic (exact) mass is 247 g/mol. The van der Waals surface area contributed by atoms with Crippen molar-refractivity contribution in [1.82, 2.24) is 9.55 Å². The number of imidazole rings is 1. The molecule has 0 atom stereocenters. The minimum absolute atomic E-state index is 0.565. The van der Waals surface area contributed by atoms with Gasteiger partial charge in [-0.1, -0.05) is 19.4 Å². The lowest BCUT2D eigenvalue weighted by Gasteiger charge is -2.07. The fraction of sp³-hybridized carbons (Fsp3) is 0.500. The maximum absolute atomic E-state index is 5.94. The number of hydrogen-bond acceptors (Lipinski definition) is 3. The quantitative estimate of drug-likeness (QED) is 0.798. The second-order valence-corrected chi connectivity index (χ2v) is 4.58. The van der Waals surface area contributed by atoms with Crippen LogP contribution in [0.2, 0.25) is 0 Å². The standard InChI is InChI=1S/C14H21N3O/c1-3-4-8-18-9-7-17-13-6-5-11(2)10-12(13)16-14(17)15/h5-6,10H,3-4,7-9H2,1-2H3,(H2,15,16). The predicted molar refractivity (Wildman–Crippen MR) is 74.6 cm³/mol. The van der Waals surface area contributed by atoms with Crippen molar-refractivity contribution in [2.24, 2.45) is 0 Å². The highest BCUT2D eigenvalue weighted by Crippen LogP contribution is 2.18. The van der Waals surface area contributed by atoms with Crippen molar-refractivity contribution in [3.8, 4) is 0 Å². The summed E-state index contributed by atoms with van der Waals surface area (Å²) in [5, 5.41) is 0. The first-order valence-corrected chi connectivity index (χ1v) is 6.52. The lowest BCUT2D eigenvalue weighted by molar-refractivity contribution is 0.124. The highest BCUT2D eigenvalue weighted by Gasteiger charge is 2.07. The summed E-state index contributed by atoms with van der Waals surface area (Å²) < 4.78 is 7.59. The van der Waals surface area contributed by atoms with Crippen molar-refractivity contribution >= 4 is 17.0 Å². The third kappa shape index (κ3) is 2.82. The Hall–Kier alpha value is -1.55. The summed E-state index contributed by atoms with van der Waals surface area (Å²) in [6.07, 6.45) is 2.27. The molecule has 0 bridgehead atoms. The van der Waals surface area contributed by atoms with Crippen molar-refractivity contribution in [3.63, 3.8) is 0 Å². The molecule has 0 aliphatic carbocycles. The Bertz CT molecular complexity index is 519. The molecule has 1 heterocycles. The number of aromatic nitrogens is 2. The van der Waals surface area contributed by atoms with Gasteiger partial charge in [0, 0.05) is 13.2 Å². The van der Waals surface area contributed by atoms with Crippen molar-refractivity contribution < 1.29 is 4.74 Å². The Morgan fingerprint density at radius 2 is 2.17 bits per heavy atom. The first-order chi connectivity index (χ1) is 8.72. The first-order valence-electron chi connectivity index (χ1n) is 6.52. The van der Waals surface area contributed by atoms with Crippen LogP contribution in [-0.4, -0.2) is 22.8 Å². The fourth-order valence-electron chi connectivity index (χ4n) is 2.00. The van der Waals surface area contributed by atoms with E-state index >= 15 is 0 Å². The number of benzene rings is 1. The first kappa shape index (κ1) is 12.9. The molecule has 0 amide bonds. The Labute approximate surface area is 108 Å². The van der Waals surface area contributed by atoms with Gasteiger partial charge in [0.2, 0.25) is 5.95 Å². The SMILES string of the molecule is CCCCOCCn1c(N)nc2cc(C)ccc21. The Morgan fingerprint density at radius 1 is 1.33 bits per heavy atom. The molecule has 0 saturated heterocycles. The van der Waals surface area contributed by atoms with E-state index in [0.29, 0.717) is 12.6 Å². The smallest absolute Gasteiger partial charge is 0.201 e. The molecule has 18 heavy (non-hydrogen) atoms. The van der Waals surface area contributed by atoms with E-state index in [1.54, 1.807) is 0 Å². The van der Waals surface area contributed by atoms with E-state index in [0.717, 1.165) is 37.0 Å². The number of rotatable bonds is 6. The van der Waals surface area contributed by atoms with E-state index in [4.69, 9.17) is 10.5 Å². The zero-order chi connectivity index (χ0) is 13.0. The second-order valence-electron chi connectivity index (χ2n) is 4.58. The molecule has 4 nitrogen and oxygen atoms in total. The lowest BCUT2D eigenvalue weighted by Crippen LogP contribution is -2.09. The van der Waals surface area contributed by atoms with Crippen molar-refractivity contribution in [2.45, 2.75) is 33.2 Å². The van der Waals surface area contributed by atoms with Crippen molar-refractivity contribution in [2.75, 3.05) is 18.9 Å². The van der Waals surface area contributed by atoms with E-state index < -0.39 is 0 Å². The summed E-state index contributed by atoms with van der Waals surface area (Å²) >= 11 is 0. The minimum Gasteiger partial charge on any atom is -0.380 e. The summed E-state index contributed by atoms with van der Waals surface area (Å²) in [7, 11) is 0. The second kappa shape index (κ2) is 5.87. The van der Waals surface area contributed by atoms with Crippen LogP contribution >= 0.6 is 0 Å². The summed E-state index contributed by atoms with van der Waals surface area (Å²) in [6.45, 7) is 6.48. The van der Waals surface area contributed by atoms with Crippen LogP contribution in [0.25, 0.3) is 11.0 Å². The van der Waals surface area contributed by atoms with Gasteiger partial charge in [0.15, 0.2) is 0 Å². The van der Waals surface area contributed by atoms with Crippen LogP contribution in [0.4, 0.5) is 5.95 Å². The van der Waals surface area contributed by atoms with Crippen LogP contribution in [0.15, 0.2) is 18.2 Å². The topological polar surface area (TPSA) is 53.1 Å². The van der Waals surface area contributed by atoms with Crippen LogP contribution in [0, 0.1) is 6.92 Å². The van der Waals surface area contributed by atoms with Crippen LogP contribution in [0.5, 0.6) is 0 Å². The van der Waals surface area contributed by atoms with Crippen LogP contribution < -0.4 is 5.73 Å². The third-order valence-electron chi connectivity index (χ3n) is 3.03. The molecule has 0 aliphatic heterocycles. The lowest BCUT2D eigenvalue weighted by atomic mass is 10.2. The summed E-state index contributed by atoms with van der Waals surface area (Å²) in [5.74, 6) is 0.565. The summed E-state index contributed by atoms with van der Waals surface area (Å²) in [6, 6.07) is 6.21. The van der Waals surface area contributed by atoms with E-state index in [-0.39, 0.29) is 0 Å². The van der Waals surface area contributed by atoms with Crippen molar-refractivity contribution in [1.29, 1.82) is 0 Å². The fourth-order valence-corrected chi connectivity index (χ4v) is 2.00. The molecule has 0 spiro atoms. The van der Waals surface area contributed by atoms with Gasteiger partial charge in [0.25, 0.3) is 0 Å². The van der Waals surface area contributed by atoms with Crippen LogP contribution in [0.1, 0.15) is 25.3 Å². The number of fused-ring (bicyclic) bond motifs is 1. The highest BCUT2D eigenvalue weighted by molar-refractivity contribution is 5.79. The largest absolute Gasteiger partial charge is 0.380 e. The van der Waals surface area contributed by atoms with Gasteiger partial charge in [-0.3, -0.25) is 0 Å². The van der Waals surface area contributed by atoms with Gasteiger partial charge in [0.05, 0.1) is 17.6 Å². The van der Waals surface area contributed by atoms with Gasteiger partial charge >= 0.3 is 0 Å². The van der Waals surface area contributed by atoms with Crippen LogP contribution in [0.3, 0.4) is 0 Å². The molecule has 0 fully saturated rings. The Kier molecular flexibility index (Phi) is 4.20. The maximum atomic E-state index is 5.94. The molecule has 1 aromatic heterocycles. The zero-order valence-corrected chi connectivity index (χ0v) is 11.1. The number of unbranched alkanes of at least 4 members (excludes halogenated alkanes) is 1. The Balaban J connectivity index is 2.05. The number of anilines is 1. The van der Waals surface area contributed by atoms with Gasteiger partial charge in [-0.05, 0) is 31.0 Å². The molecule has 0 unspecified atom stereocenters.